The number of ether oxygens (including phenoxy) is 2. The minimum Gasteiger partial charge on any atom is -0.461 e. The highest BCUT2D eigenvalue weighted by molar-refractivity contribution is 8.18. The molecule has 3 rings (SSSR count). The first-order valence-corrected chi connectivity index (χ1v) is 11.3. The van der Waals surface area contributed by atoms with Gasteiger partial charge in [0, 0.05) is 11.6 Å². The Kier molecular flexibility index (Phi) is 8.03. The van der Waals surface area contributed by atoms with Gasteiger partial charge in [-0.15, -0.1) is 0 Å². The molecule has 1 heterocycles. The lowest BCUT2D eigenvalue weighted by Crippen LogP contribution is -2.35. The summed E-state index contributed by atoms with van der Waals surface area (Å²) in [5, 5.41) is 10.7. The summed E-state index contributed by atoms with van der Waals surface area (Å²) in [4.78, 5) is 48.1. The summed E-state index contributed by atoms with van der Waals surface area (Å²) < 4.78 is 49.6. The van der Waals surface area contributed by atoms with Crippen LogP contribution in [0.4, 0.5) is 23.7 Å². The number of thioether (sulfide) groups is 1. The predicted molar refractivity (Wildman–Crippen MR) is 123 cm³/mol. The molecule has 0 aliphatic carbocycles. The first kappa shape index (κ1) is 26.7. The molecule has 0 spiro atoms. The standard InChI is InChI=1S/C23H19F3N2O7S/c1-3-13(2)34-20(29)12-27-21(30)19(36-22(27)31)10-14-6-4-5-7-17(14)35-18-9-8-15(23(24,25)26)11-16(18)28(32)33/h4-11,13H,3,12H2,1-2H3/b19-10+/t13-/m0/s1. The molecule has 0 aromatic heterocycles. The van der Waals surface area contributed by atoms with Gasteiger partial charge in [-0.2, -0.15) is 13.2 Å². The highest BCUT2D eigenvalue weighted by Crippen LogP contribution is 2.40. The Morgan fingerprint density at radius 1 is 1.19 bits per heavy atom. The molecule has 1 fully saturated rings. The number of halogens is 3. The summed E-state index contributed by atoms with van der Waals surface area (Å²) in [7, 11) is 0. The molecule has 2 aromatic rings. The average Bonchev–Trinajstić information content (AvgIpc) is 3.06. The topological polar surface area (TPSA) is 116 Å². The van der Waals surface area contributed by atoms with Crippen molar-refractivity contribution in [3.63, 3.8) is 0 Å². The molecular formula is C23H19F3N2O7S. The smallest absolute Gasteiger partial charge is 0.416 e. The number of carbonyl (C=O) groups is 3. The SMILES string of the molecule is CC[C@H](C)OC(=O)CN1C(=O)S/C(=C/c2ccccc2Oc2ccc(C(F)(F)F)cc2[N+](=O)[O-])C1=O. The van der Waals surface area contributed by atoms with Gasteiger partial charge in [-0.1, -0.05) is 25.1 Å². The fourth-order valence-electron chi connectivity index (χ4n) is 2.99. The van der Waals surface area contributed by atoms with Crippen molar-refractivity contribution in [1.82, 2.24) is 4.90 Å². The Balaban J connectivity index is 1.87. The van der Waals surface area contributed by atoms with Crippen LogP contribution in [0.15, 0.2) is 47.4 Å². The molecule has 36 heavy (non-hydrogen) atoms. The number of imide groups is 1. The van der Waals surface area contributed by atoms with Crippen molar-refractivity contribution in [2.24, 2.45) is 0 Å². The molecule has 9 nitrogen and oxygen atoms in total. The van der Waals surface area contributed by atoms with Crippen LogP contribution < -0.4 is 4.74 Å². The predicted octanol–water partition coefficient (Wildman–Crippen LogP) is 5.78. The first-order chi connectivity index (χ1) is 16.9. The zero-order valence-electron chi connectivity index (χ0n) is 18.9. The molecule has 190 valence electrons. The third-order valence-electron chi connectivity index (χ3n) is 4.98. The van der Waals surface area contributed by atoms with Crippen LogP contribution in [0.1, 0.15) is 31.4 Å². The van der Waals surface area contributed by atoms with Gasteiger partial charge in [0.1, 0.15) is 12.3 Å². The van der Waals surface area contributed by atoms with E-state index in [1.165, 1.54) is 24.3 Å². The number of benzene rings is 2. The van der Waals surface area contributed by atoms with Gasteiger partial charge in [-0.25, -0.2) is 0 Å². The number of nitro benzene ring substituents is 1. The third-order valence-corrected chi connectivity index (χ3v) is 5.88. The zero-order valence-corrected chi connectivity index (χ0v) is 19.7. The van der Waals surface area contributed by atoms with Gasteiger partial charge < -0.3 is 9.47 Å². The van der Waals surface area contributed by atoms with Gasteiger partial charge in [-0.3, -0.25) is 29.4 Å². The number of alkyl halides is 3. The molecule has 1 saturated heterocycles. The molecule has 0 radical (unpaired) electrons. The van der Waals surface area contributed by atoms with Crippen molar-refractivity contribution in [2.75, 3.05) is 6.54 Å². The minimum atomic E-state index is -4.79. The van der Waals surface area contributed by atoms with Crippen molar-refractivity contribution in [1.29, 1.82) is 0 Å². The van der Waals surface area contributed by atoms with E-state index in [1.807, 2.05) is 0 Å². The summed E-state index contributed by atoms with van der Waals surface area (Å²) in [6.45, 7) is 2.91. The largest absolute Gasteiger partial charge is 0.461 e. The van der Waals surface area contributed by atoms with Gasteiger partial charge >= 0.3 is 17.8 Å². The van der Waals surface area contributed by atoms with E-state index in [2.05, 4.69) is 0 Å². The second-order valence-corrected chi connectivity index (χ2v) is 8.55. The van der Waals surface area contributed by atoms with Crippen molar-refractivity contribution in [2.45, 2.75) is 32.5 Å². The van der Waals surface area contributed by atoms with Crippen LogP contribution in [0.2, 0.25) is 0 Å². The Morgan fingerprint density at radius 2 is 1.89 bits per heavy atom. The molecule has 0 bridgehead atoms. The third kappa shape index (κ3) is 6.22. The van der Waals surface area contributed by atoms with E-state index >= 15 is 0 Å². The van der Waals surface area contributed by atoms with Gasteiger partial charge in [-0.05, 0) is 49.4 Å². The van der Waals surface area contributed by atoms with Crippen LogP contribution in [0.5, 0.6) is 11.5 Å². The lowest BCUT2D eigenvalue weighted by atomic mass is 10.1. The number of para-hydroxylation sites is 1. The number of carbonyl (C=O) groups excluding carboxylic acids is 3. The number of esters is 1. The lowest BCUT2D eigenvalue weighted by Gasteiger charge is -2.15. The van der Waals surface area contributed by atoms with Crippen LogP contribution in [0, 0.1) is 10.1 Å². The second kappa shape index (κ2) is 10.8. The molecule has 13 heteroatoms. The first-order valence-electron chi connectivity index (χ1n) is 10.5. The maximum Gasteiger partial charge on any atom is 0.416 e. The highest BCUT2D eigenvalue weighted by atomic mass is 32.2. The van der Waals surface area contributed by atoms with Gasteiger partial charge in [0.15, 0.2) is 0 Å². The summed E-state index contributed by atoms with van der Waals surface area (Å²) in [5.74, 6) is -1.95. The van der Waals surface area contributed by atoms with E-state index in [1.54, 1.807) is 19.9 Å². The summed E-state index contributed by atoms with van der Waals surface area (Å²) in [5.41, 5.74) is -1.89. The zero-order chi connectivity index (χ0) is 26.6. The number of nitrogens with zero attached hydrogens (tertiary/aromatic N) is 2. The van der Waals surface area contributed by atoms with Gasteiger partial charge in [0.2, 0.25) is 5.75 Å². The van der Waals surface area contributed by atoms with Gasteiger partial charge in [0.05, 0.1) is 21.5 Å². The van der Waals surface area contributed by atoms with Crippen LogP contribution in [0.25, 0.3) is 6.08 Å². The summed E-state index contributed by atoms with van der Waals surface area (Å²) in [6.07, 6.45) is -3.32. The Morgan fingerprint density at radius 3 is 2.53 bits per heavy atom. The molecule has 2 amide bonds. The number of amides is 2. The Bertz CT molecular complexity index is 1250. The van der Waals surface area contributed by atoms with Crippen LogP contribution in [-0.2, 0) is 20.5 Å². The maximum absolute atomic E-state index is 13.0. The van der Waals surface area contributed by atoms with Crippen molar-refractivity contribution in [3.8, 4) is 11.5 Å². The summed E-state index contributed by atoms with van der Waals surface area (Å²) in [6, 6.07) is 7.79. The quantitative estimate of drug-likeness (QED) is 0.185. The van der Waals surface area contributed by atoms with Crippen LogP contribution in [-0.4, -0.2) is 39.6 Å². The lowest BCUT2D eigenvalue weighted by molar-refractivity contribution is -0.385. The van der Waals surface area contributed by atoms with E-state index in [-0.39, 0.29) is 22.3 Å². The fraction of sp³-hybridized carbons (Fsp3) is 0.261. The maximum atomic E-state index is 13.0. The Labute approximate surface area is 207 Å². The van der Waals surface area contributed by atoms with Crippen molar-refractivity contribution >= 4 is 40.6 Å². The minimum absolute atomic E-state index is 0.0108. The normalized spacial score (nSPS) is 15.8. The van der Waals surface area contributed by atoms with E-state index in [0.717, 1.165) is 11.0 Å². The second-order valence-electron chi connectivity index (χ2n) is 7.55. The fourth-order valence-corrected chi connectivity index (χ4v) is 3.81. The summed E-state index contributed by atoms with van der Waals surface area (Å²) >= 11 is 0.573. The number of hydrogen-bond donors (Lipinski definition) is 0. The van der Waals surface area contributed by atoms with Gasteiger partial charge in [0.25, 0.3) is 11.1 Å². The molecule has 0 N–H and O–H groups in total. The van der Waals surface area contributed by atoms with E-state index < -0.39 is 51.8 Å². The molecule has 0 unspecified atom stereocenters. The Hall–Kier alpha value is -3.87. The number of rotatable bonds is 8. The van der Waals surface area contributed by atoms with E-state index in [4.69, 9.17) is 9.47 Å². The van der Waals surface area contributed by atoms with Crippen molar-refractivity contribution < 1.29 is 42.0 Å². The van der Waals surface area contributed by atoms with E-state index in [9.17, 15) is 37.7 Å². The van der Waals surface area contributed by atoms with Crippen LogP contribution >= 0.6 is 11.8 Å². The molecule has 2 aromatic carbocycles. The number of nitro groups is 1. The van der Waals surface area contributed by atoms with Crippen LogP contribution in [0.3, 0.4) is 0 Å². The monoisotopic (exact) mass is 524 g/mol. The highest BCUT2D eigenvalue weighted by Gasteiger charge is 2.37. The molecule has 1 aliphatic rings. The van der Waals surface area contributed by atoms with E-state index in [0.29, 0.717) is 30.3 Å². The molecular weight excluding hydrogens is 505 g/mol. The number of hydrogen-bond acceptors (Lipinski definition) is 8. The molecule has 1 atom stereocenters. The molecule has 1 aliphatic heterocycles. The van der Waals surface area contributed by atoms with Crippen molar-refractivity contribution in [3.05, 3.63) is 68.6 Å². The average molecular weight is 524 g/mol. The molecule has 0 saturated carbocycles.